The Bertz CT molecular complexity index is 1120. The van der Waals surface area contributed by atoms with Crippen LogP contribution in [0.3, 0.4) is 0 Å². The van der Waals surface area contributed by atoms with Gasteiger partial charge in [0.1, 0.15) is 0 Å². The number of anilines is 1. The molecule has 0 atom stereocenters. The highest BCUT2D eigenvalue weighted by atomic mass is 32.1. The molecule has 1 amide bonds. The molecule has 0 aliphatic rings. The SMILES string of the molecule is Cc1ccsc1-c1nc(CNc2ccc(C(=O)NO)cc2)n(-c2ccccc2)n1. The van der Waals surface area contributed by atoms with Crippen LogP contribution in [0.15, 0.2) is 66.0 Å². The van der Waals surface area contributed by atoms with E-state index in [1.807, 2.05) is 40.4 Å². The van der Waals surface area contributed by atoms with Gasteiger partial charge >= 0.3 is 0 Å². The Morgan fingerprint density at radius 3 is 2.52 bits per heavy atom. The number of nitrogens with one attached hydrogen (secondary N) is 2. The van der Waals surface area contributed by atoms with E-state index in [4.69, 9.17) is 15.3 Å². The molecule has 2 heterocycles. The lowest BCUT2D eigenvalue weighted by atomic mass is 10.2. The van der Waals surface area contributed by atoms with Crippen molar-refractivity contribution in [2.45, 2.75) is 13.5 Å². The fourth-order valence-corrected chi connectivity index (χ4v) is 3.77. The molecule has 0 aliphatic carbocycles. The van der Waals surface area contributed by atoms with Crippen LogP contribution < -0.4 is 10.8 Å². The number of hydrogen-bond acceptors (Lipinski definition) is 6. The van der Waals surface area contributed by atoms with Crippen LogP contribution in [0, 0.1) is 6.92 Å². The van der Waals surface area contributed by atoms with Gasteiger partial charge in [-0.15, -0.1) is 16.4 Å². The fourth-order valence-electron chi connectivity index (χ4n) is 2.92. The van der Waals surface area contributed by atoms with E-state index in [2.05, 4.69) is 18.3 Å². The van der Waals surface area contributed by atoms with Gasteiger partial charge in [-0.3, -0.25) is 10.0 Å². The van der Waals surface area contributed by atoms with Crippen molar-refractivity contribution in [2.24, 2.45) is 0 Å². The fraction of sp³-hybridized carbons (Fsp3) is 0.0952. The molecule has 0 bridgehead atoms. The highest BCUT2D eigenvalue weighted by Crippen LogP contribution is 2.27. The van der Waals surface area contributed by atoms with Crippen LogP contribution in [-0.2, 0) is 6.54 Å². The van der Waals surface area contributed by atoms with Gasteiger partial charge in [-0.1, -0.05) is 18.2 Å². The lowest BCUT2D eigenvalue weighted by Crippen LogP contribution is -2.18. The first kappa shape index (κ1) is 18.9. The molecule has 4 aromatic rings. The zero-order chi connectivity index (χ0) is 20.2. The van der Waals surface area contributed by atoms with E-state index in [-0.39, 0.29) is 0 Å². The van der Waals surface area contributed by atoms with Gasteiger partial charge < -0.3 is 5.32 Å². The summed E-state index contributed by atoms with van der Waals surface area (Å²) in [4.78, 5) is 17.3. The van der Waals surface area contributed by atoms with Gasteiger partial charge in [0.2, 0.25) is 0 Å². The molecule has 2 aromatic carbocycles. The number of para-hydroxylation sites is 1. The van der Waals surface area contributed by atoms with E-state index in [1.165, 1.54) is 0 Å². The molecule has 3 N–H and O–H groups in total. The summed E-state index contributed by atoms with van der Waals surface area (Å²) in [5, 5.41) is 18.8. The van der Waals surface area contributed by atoms with E-state index in [9.17, 15) is 4.79 Å². The van der Waals surface area contributed by atoms with Crippen LogP contribution in [-0.4, -0.2) is 25.9 Å². The number of carbonyl (C=O) groups is 1. The quantitative estimate of drug-likeness (QED) is 0.333. The van der Waals surface area contributed by atoms with E-state index in [1.54, 1.807) is 41.1 Å². The van der Waals surface area contributed by atoms with Gasteiger partial charge in [0.05, 0.1) is 17.1 Å². The van der Waals surface area contributed by atoms with Crippen LogP contribution in [0.25, 0.3) is 16.4 Å². The van der Waals surface area contributed by atoms with E-state index in [0.717, 1.165) is 27.6 Å². The summed E-state index contributed by atoms with van der Waals surface area (Å²) < 4.78 is 1.84. The number of hydroxylamine groups is 1. The predicted molar refractivity (Wildman–Crippen MR) is 112 cm³/mol. The first-order chi connectivity index (χ1) is 14.2. The average Bonchev–Trinajstić information content (AvgIpc) is 3.38. The third-order valence-electron chi connectivity index (χ3n) is 4.44. The van der Waals surface area contributed by atoms with Gasteiger partial charge in [0.15, 0.2) is 11.6 Å². The number of aryl methyl sites for hydroxylation is 1. The summed E-state index contributed by atoms with van der Waals surface area (Å²) in [6.07, 6.45) is 0. The summed E-state index contributed by atoms with van der Waals surface area (Å²) >= 11 is 1.62. The van der Waals surface area contributed by atoms with Crippen molar-refractivity contribution in [1.82, 2.24) is 20.2 Å². The number of benzene rings is 2. The normalized spacial score (nSPS) is 10.7. The van der Waals surface area contributed by atoms with Gasteiger partial charge in [0.25, 0.3) is 5.91 Å². The number of thiophene rings is 1. The van der Waals surface area contributed by atoms with E-state index in [0.29, 0.717) is 17.9 Å². The molecule has 0 unspecified atom stereocenters. The molecule has 0 radical (unpaired) electrons. The standard InChI is InChI=1S/C21H19N5O2S/c1-14-11-12-29-19(14)20-23-18(26(24-20)17-5-3-2-4-6-17)13-22-16-9-7-15(8-10-16)21(27)25-28/h2-12,22,28H,13H2,1H3,(H,25,27). The lowest BCUT2D eigenvalue weighted by Gasteiger charge is -2.08. The Balaban J connectivity index is 1.61. The van der Waals surface area contributed by atoms with E-state index >= 15 is 0 Å². The Morgan fingerprint density at radius 1 is 1.10 bits per heavy atom. The number of amides is 1. The first-order valence-corrected chi connectivity index (χ1v) is 9.88. The maximum absolute atomic E-state index is 11.4. The van der Waals surface area contributed by atoms with Crippen LogP contribution in [0.1, 0.15) is 21.7 Å². The number of nitrogens with zero attached hydrogens (tertiary/aromatic N) is 3. The Hall–Kier alpha value is -3.49. The highest BCUT2D eigenvalue weighted by Gasteiger charge is 2.15. The highest BCUT2D eigenvalue weighted by molar-refractivity contribution is 7.13. The predicted octanol–water partition coefficient (Wildman–Crippen LogP) is 4.04. The second-order valence-electron chi connectivity index (χ2n) is 6.40. The Morgan fingerprint density at radius 2 is 1.86 bits per heavy atom. The van der Waals surface area contributed by atoms with Crippen LogP contribution in [0.4, 0.5) is 5.69 Å². The monoisotopic (exact) mass is 405 g/mol. The van der Waals surface area contributed by atoms with Gasteiger partial charge in [-0.25, -0.2) is 15.1 Å². The zero-order valence-electron chi connectivity index (χ0n) is 15.7. The minimum atomic E-state index is -0.545. The van der Waals surface area contributed by atoms with Gasteiger partial charge in [0, 0.05) is 11.3 Å². The average molecular weight is 405 g/mol. The number of carbonyl (C=O) groups excluding carboxylic acids is 1. The maximum atomic E-state index is 11.4. The number of hydrogen-bond donors (Lipinski definition) is 3. The Kier molecular flexibility index (Phi) is 5.37. The molecule has 4 rings (SSSR count). The Labute approximate surface area is 171 Å². The molecule has 0 fully saturated rings. The molecule has 146 valence electrons. The zero-order valence-corrected chi connectivity index (χ0v) is 16.5. The van der Waals surface area contributed by atoms with Crippen molar-refractivity contribution in [3.05, 3.63) is 83.0 Å². The molecule has 0 saturated heterocycles. The third-order valence-corrected chi connectivity index (χ3v) is 5.45. The third kappa shape index (κ3) is 4.03. The lowest BCUT2D eigenvalue weighted by molar-refractivity contribution is 0.0706. The largest absolute Gasteiger partial charge is 0.378 e. The topological polar surface area (TPSA) is 92.1 Å². The number of rotatable bonds is 6. The maximum Gasteiger partial charge on any atom is 0.274 e. The molecule has 7 nitrogen and oxygen atoms in total. The van der Waals surface area contributed by atoms with Gasteiger partial charge in [-0.2, -0.15) is 0 Å². The molecule has 8 heteroatoms. The second-order valence-corrected chi connectivity index (χ2v) is 7.32. The summed E-state index contributed by atoms with van der Waals surface area (Å²) in [5.74, 6) is 0.931. The molecular formula is C21H19N5O2S. The van der Waals surface area contributed by atoms with Crippen LogP contribution in [0.2, 0.25) is 0 Å². The minimum absolute atomic E-state index is 0.376. The molecule has 2 aromatic heterocycles. The molecule has 0 saturated carbocycles. The van der Waals surface area contributed by atoms with Crippen molar-refractivity contribution >= 4 is 22.9 Å². The van der Waals surface area contributed by atoms with Crippen molar-refractivity contribution in [3.63, 3.8) is 0 Å². The summed E-state index contributed by atoms with van der Waals surface area (Å²) in [6, 6.07) is 18.8. The van der Waals surface area contributed by atoms with Crippen molar-refractivity contribution in [3.8, 4) is 16.4 Å². The molecule has 0 aliphatic heterocycles. The van der Waals surface area contributed by atoms with E-state index < -0.39 is 5.91 Å². The second kappa shape index (κ2) is 8.26. The summed E-state index contributed by atoms with van der Waals surface area (Å²) in [5.41, 5.74) is 4.92. The summed E-state index contributed by atoms with van der Waals surface area (Å²) in [7, 11) is 0. The minimum Gasteiger partial charge on any atom is -0.378 e. The number of aromatic nitrogens is 3. The summed E-state index contributed by atoms with van der Waals surface area (Å²) in [6.45, 7) is 2.51. The van der Waals surface area contributed by atoms with Crippen LogP contribution in [0.5, 0.6) is 0 Å². The van der Waals surface area contributed by atoms with Crippen molar-refractivity contribution < 1.29 is 10.0 Å². The molecule has 29 heavy (non-hydrogen) atoms. The van der Waals surface area contributed by atoms with Crippen LogP contribution >= 0.6 is 11.3 Å². The first-order valence-electron chi connectivity index (χ1n) is 9.00. The molecular weight excluding hydrogens is 386 g/mol. The smallest absolute Gasteiger partial charge is 0.274 e. The molecule has 0 spiro atoms. The van der Waals surface area contributed by atoms with Crippen molar-refractivity contribution in [2.75, 3.05) is 5.32 Å². The van der Waals surface area contributed by atoms with Crippen molar-refractivity contribution in [1.29, 1.82) is 0 Å². The van der Waals surface area contributed by atoms with Gasteiger partial charge in [-0.05, 0) is 60.3 Å².